The van der Waals surface area contributed by atoms with Crippen molar-refractivity contribution < 1.29 is 4.39 Å². The Labute approximate surface area is 96.5 Å². The number of hydrogen-bond acceptors (Lipinski definition) is 3. The maximum atomic E-state index is 13.6. The summed E-state index contributed by atoms with van der Waals surface area (Å²) in [5.74, 6) is 0.643. The largest absolute Gasteiger partial charge is 0.354 e. The van der Waals surface area contributed by atoms with E-state index in [4.69, 9.17) is 5.73 Å². The van der Waals surface area contributed by atoms with Gasteiger partial charge in [0.05, 0.1) is 0 Å². The van der Waals surface area contributed by atoms with E-state index in [9.17, 15) is 4.39 Å². The van der Waals surface area contributed by atoms with Gasteiger partial charge in [0.15, 0.2) is 11.6 Å². The minimum absolute atomic E-state index is 0.264. The molecule has 2 N–H and O–H groups in total. The predicted molar refractivity (Wildman–Crippen MR) is 64.9 cm³/mol. The number of hydrogen-bond donors (Lipinski definition) is 1. The summed E-state index contributed by atoms with van der Waals surface area (Å²) in [6.45, 7) is 6.38. The lowest BCUT2D eigenvalue weighted by Crippen LogP contribution is -2.31. The highest BCUT2D eigenvalue weighted by Crippen LogP contribution is 2.16. The molecule has 0 spiro atoms. The lowest BCUT2D eigenvalue weighted by molar-refractivity contribution is 0.566. The van der Waals surface area contributed by atoms with E-state index in [0.717, 1.165) is 19.5 Å². The van der Waals surface area contributed by atoms with Crippen molar-refractivity contribution in [3.63, 3.8) is 0 Å². The van der Waals surface area contributed by atoms with Crippen LogP contribution in [0.2, 0.25) is 0 Å². The van der Waals surface area contributed by atoms with Gasteiger partial charge in [-0.25, -0.2) is 9.37 Å². The fraction of sp³-hybridized carbons (Fsp3) is 0.583. The zero-order chi connectivity index (χ0) is 12.0. The minimum Gasteiger partial charge on any atom is -0.354 e. The molecule has 0 fully saturated rings. The minimum atomic E-state index is -0.264. The van der Waals surface area contributed by atoms with E-state index < -0.39 is 0 Å². The zero-order valence-electron chi connectivity index (χ0n) is 9.99. The Hall–Kier alpha value is -1.16. The van der Waals surface area contributed by atoms with Crippen molar-refractivity contribution in [2.24, 2.45) is 11.7 Å². The van der Waals surface area contributed by atoms with Gasteiger partial charge in [-0.2, -0.15) is 0 Å². The van der Waals surface area contributed by atoms with E-state index >= 15 is 0 Å². The third kappa shape index (κ3) is 3.77. The number of rotatable bonds is 6. The van der Waals surface area contributed by atoms with Crippen molar-refractivity contribution in [1.82, 2.24) is 4.98 Å². The highest BCUT2D eigenvalue weighted by atomic mass is 19.1. The monoisotopic (exact) mass is 225 g/mol. The molecule has 0 saturated carbocycles. The highest BCUT2D eigenvalue weighted by Gasteiger charge is 2.13. The van der Waals surface area contributed by atoms with Crippen LogP contribution in [0.25, 0.3) is 0 Å². The molecule has 16 heavy (non-hydrogen) atoms. The molecule has 0 aliphatic rings. The Bertz CT molecular complexity index is 315. The standard InChI is InChI=1S/C12H20FN3/c1-10(2)9-16(8-4-6-14)12-11(13)5-3-7-15-12/h3,5,7,10H,4,6,8-9,14H2,1-2H3. The summed E-state index contributed by atoms with van der Waals surface area (Å²) in [5.41, 5.74) is 5.48. The molecule has 0 unspecified atom stereocenters. The number of halogens is 1. The summed E-state index contributed by atoms with van der Waals surface area (Å²) in [6, 6.07) is 3.05. The molecule has 1 aromatic rings. The first-order chi connectivity index (χ1) is 7.65. The van der Waals surface area contributed by atoms with Crippen molar-refractivity contribution in [3.8, 4) is 0 Å². The van der Waals surface area contributed by atoms with Crippen molar-refractivity contribution in [1.29, 1.82) is 0 Å². The van der Waals surface area contributed by atoms with Crippen LogP contribution in [0.5, 0.6) is 0 Å². The first-order valence-corrected chi connectivity index (χ1v) is 5.70. The maximum Gasteiger partial charge on any atom is 0.165 e. The summed E-state index contributed by atoms with van der Waals surface area (Å²) in [6.07, 6.45) is 2.47. The first kappa shape index (κ1) is 12.9. The number of nitrogens with zero attached hydrogens (tertiary/aromatic N) is 2. The maximum absolute atomic E-state index is 13.6. The van der Waals surface area contributed by atoms with E-state index in [0.29, 0.717) is 18.3 Å². The van der Waals surface area contributed by atoms with Crippen LogP contribution in [0.15, 0.2) is 18.3 Å². The molecule has 1 heterocycles. The molecule has 0 radical (unpaired) electrons. The third-order valence-electron chi connectivity index (χ3n) is 2.26. The van der Waals surface area contributed by atoms with Crippen LogP contribution in [-0.2, 0) is 0 Å². The van der Waals surface area contributed by atoms with Crippen LogP contribution in [0.3, 0.4) is 0 Å². The van der Waals surface area contributed by atoms with E-state index in [1.807, 2.05) is 4.90 Å². The molecule has 0 bridgehead atoms. The van der Waals surface area contributed by atoms with Gasteiger partial charge in [0.25, 0.3) is 0 Å². The third-order valence-corrected chi connectivity index (χ3v) is 2.26. The van der Waals surface area contributed by atoms with Crippen molar-refractivity contribution in [2.75, 3.05) is 24.5 Å². The van der Waals surface area contributed by atoms with Crippen LogP contribution in [0.4, 0.5) is 10.2 Å². The zero-order valence-corrected chi connectivity index (χ0v) is 9.99. The van der Waals surface area contributed by atoms with Gasteiger partial charge < -0.3 is 10.6 Å². The first-order valence-electron chi connectivity index (χ1n) is 5.70. The number of anilines is 1. The molecule has 1 aromatic heterocycles. The number of nitrogens with two attached hydrogens (primary N) is 1. The van der Waals surface area contributed by atoms with E-state index in [1.165, 1.54) is 6.07 Å². The average Bonchev–Trinajstić information content (AvgIpc) is 2.24. The van der Waals surface area contributed by atoms with Gasteiger partial charge in [0.2, 0.25) is 0 Å². The van der Waals surface area contributed by atoms with Crippen LogP contribution in [0.1, 0.15) is 20.3 Å². The fourth-order valence-corrected chi connectivity index (χ4v) is 1.62. The Kier molecular flexibility index (Phi) is 5.19. The fourth-order valence-electron chi connectivity index (χ4n) is 1.62. The van der Waals surface area contributed by atoms with Gasteiger partial charge in [0.1, 0.15) is 0 Å². The summed E-state index contributed by atoms with van der Waals surface area (Å²) in [5, 5.41) is 0. The SMILES string of the molecule is CC(C)CN(CCCN)c1ncccc1F. The average molecular weight is 225 g/mol. The molecular weight excluding hydrogens is 205 g/mol. The van der Waals surface area contributed by atoms with Gasteiger partial charge in [-0.1, -0.05) is 13.8 Å². The number of pyridine rings is 1. The van der Waals surface area contributed by atoms with Crippen LogP contribution < -0.4 is 10.6 Å². The molecule has 0 atom stereocenters. The summed E-state index contributed by atoms with van der Waals surface area (Å²) >= 11 is 0. The molecule has 0 aliphatic carbocycles. The summed E-state index contributed by atoms with van der Waals surface area (Å²) in [7, 11) is 0. The number of aromatic nitrogens is 1. The second-order valence-corrected chi connectivity index (χ2v) is 4.29. The summed E-state index contributed by atoms with van der Waals surface area (Å²) < 4.78 is 13.6. The van der Waals surface area contributed by atoms with Crippen LogP contribution >= 0.6 is 0 Å². The lowest BCUT2D eigenvalue weighted by atomic mass is 10.2. The Morgan fingerprint density at radius 2 is 2.25 bits per heavy atom. The van der Waals surface area contributed by atoms with Gasteiger partial charge in [-0.15, -0.1) is 0 Å². The van der Waals surface area contributed by atoms with Crippen molar-refractivity contribution >= 4 is 5.82 Å². The van der Waals surface area contributed by atoms with Crippen molar-refractivity contribution in [3.05, 3.63) is 24.1 Å². The molecule has 90 valence electrons. The molecule has 0 aromatic carbocycles. The van der Waals surface area contributed by atoms with Gasteiger partial charge in [-0.3, -0.25) is 0 Å². The van der Waals surface area contributed by atoms with Gasteiger partial charge in [-0.05, 0) is 31.0 Å². The second kappa shape index (κ2) is 6.43. The smallest absolute Gasteiger partial charge is 0.165 e. The molecular formula is C12H20FN3. The molecule has 1 rings (SSSR count). The molecule has 0 aliphatic heterocycles. The predicted octanol–water partition coefficient (Wildman–Crippen LogP) is 2.03. The van der Waals surface area contributed by atoms with Gasteiger partial charge in [0, 0.05) is 19.3 Å². The lowest BCUT2D eigenvalue weighted by Gasteiger charge is -2.25. The van der Waals surface area contributed by atoms with Gasteiger partial charge >= 0.3 is 0 Å². The van der Waals surface area contributed by atoms with E-state index in [2.05, 4.69) is 18.8 Å². The molecule has 0 saturated heterocycles. The highest BCUT2D eigenvalue weighted by molar-refractivity contribution is 5.39. The molecule has 4 heteroatoms. The van der Waals surface area contributed by atoms with Crippen LogP contribution in [-0.4, -0.2) is 24.6 Å². The quantitative estimate of drug-likeness (QED) is 0.805. The van der Waals surface area contributed by atoms with E-state index in [1.54, 1.807) is 12.3 Å². The second-order valence-electron chi connectivity index (χ2n) is 4.29. The topological polar surface area (TPSA) is 42.1 Å². The van der Waals surface area contributed by atoms with E-state index in [-0.39, 0.29) is 5.82 Å². The molecule has 0 amide bonds. The van der Waals surface area contributed by atoms with Crippen LogP contribution in [0, 0.1) is 11.7 Å². The summed E-state index contributed by atoms with van der Waals surface area (Å²) in [4.78, 5) is 6.06. The van der Waals surface area contributed by atoms with Crippen molar-refractivity contribution in [2.45, 2.75) is 20.3 Å². The molecule has 3 nitrogen and oxygen atoms in total. The Morgan fingerprint density at radius 3 is 2.81 bits per heavy atom. The Morgan fingerprint density at radius 1 is 1.50 bits per heavy atom. The normalized spacial score (nSPS) is 10.8. The Balaban J connectivity index is 2.78.